The Kier molecular flexibility index (Phi) is 3.52. The van der Waals surface area contributed by atoms with Crippen LogP contribution in [0.5, 0.6) is 0 Å². The van der Waals surface area contributed by atoms with Crippen LogP contribution in [0.25, 0.3) is 10.9 Å². The molecule has 90 valence electrons. The summed E-state index contributed by atoms with van der Waals surface area (Å²) in [4.78, 5) is 19.2. The average molecular weight is 248 g/mol. The van der Waals surface area contributed by atoms with Crippen molar-refractivity contribution in [2.45, 2.75) is 31.8 Å². The molecule has 0 aliphatic rings. The summed E-state index contributed by atoms with van der Waals surface area (Å²) in [5, 5.41) is 1.37. The molecule has 1 aromatic heterocycles. The zero-order valence-electron chi connectivity index (χ0n) is 10.3. The molecule has 0 bridgehead atoms. The summed E-state index contributed by atoms with van der Waals surface area (Å²) in [7, 11) is 0. The predicted octanol–water partition coefficient (Wildman–Crippen LogP) is 3.16. The zero-order valence-corrected chi connectivity index (χ0v) is 11.1. The monoisotopic (exact) mass is 248 g/mol. The van der Waals surface area contributed by atoms with Gasteiger partial charge in [-0.2, -0.15) is 0 Å². The van der Waals surface area contributed by atoms with Gasteiger partial charge in [-0.1, -0.05) is 38.6 Å². The highest BCUT2D eigenvalue weighted by atomic mass is 32.2. The van der Waals surface area contributed by atoms with Crippen LogP contribution in [0.1, 0.15) is 32.3 Å². The van der Waals surface area contributed by atoms with Crippen molar-refractivity contribution in [1.29, 1.82) is 0 Å². The molecule has 0 saturated carbocycles. The molecule has 1 N–H and O–H groups in total. The lowest BCUT2D eigenvalue weighted by atomic mass is 10.0. The molecular weight excluding hydrogens is 232 g/mol. The molecule has 0 aliphatic heterocycles. The Morgan fingerprint density at radius 2 is 2.18 bits per heavy atom. The first-order valence-corrected chi connectivity index (χ1v) is 6.77. The minimum Gasteiger partial charge on any atom is -0.301 e. The summed E-state index contributed by atoms with van der Waals surface area (Å²) in [5.74, 6) is 1.32. The first-order chi connectivity index (χ1) is 8.11. The van der Waals surface area contributed by atoms with E-state index >= 15 is 0 Å². The Bertz CT molecular complexity index is 589. The van der Waals surface area contributed by atoms with Crippen molar-refractivity contribution < 1.29 is 0 Å². The van der Waals surface area contributed by atoms with Gasteiger partial charge in [0.2, 0.25) is 0 Å². The van der Waals surface area contributed by atoms with Gasteiger partial charge in [-0.3, -0.25) is 4.79 Å². The Balaban J connectivity index is 2.60. The standard InChI is InChI=1S/C13H16N2OS/c1-4-17-13-14-11-6-5-9(8(2)3)7-10(11)12(16)15-13/h5-8H,4H2,1-3H3,(H,14,15,16). The van der Waals surface area contributed by atoms with Gasteiger partial charge in [0.1, 0.15) is 0 Å². The number of aromatic nitrogens is 2. The van der Waals surface area contributed by atoms with Gasteiger partial charge >= 0.3 is 0 Å². The number of nitrogens with one attached hydrogen (secondary N) is 1. The fourth-order valence-electron chi connectivity index (χ4n) is 1.70. The highest BCUT2D eigenvalue weighted by Crippen LogP contribution is 2.19. The van der Waals surface area contributed by atoms with E-state index in [0.717, 1.165) is 11.3 Å². The van der Waals surface area contributed by atoms with Crippen LogP contribution in [0, 0.1) is 0 Å². The molecule has 1 heterocycles. The van der Waals surface area contributed by atoms with E-state index in [0.29, 0.717) is 16.5 Å². The molecule has 0 atom stereocenters. The molecule has 17 heavy (non-hydrogen) atoms. The number of thioether (sulfide) groups is 1. The molecule has 0 spiro atoms. The molecule has 2 rings (SSSR count). The van der Waals surface area contributed by atoms with E-state index < -0.39 is 0 Å². The summed E-state index contributed by atoms with van der Waals surface area (Å²) in [6, 6.07) is 5.91. The van der Waals surface area contributed by atoms with Crippen LogP contribution < -0.4 is 5.56 Å². The summed E-state index contributed by atoms with van der Waals surface area (Å²) in [5.41, 5.74) is 1.89. The quantitative estimate of drug-likeness (QED) is 0.670. The first-order valence-electron chi connectivity index (χ1n) is 5.78. The number of fused-ring (bicyclic) bond motifs is 1. The second kappa shape index (κ2) is 4.92. The van der Waals surface area contributed by atoms with E-state index in [4.69, 9.17) is 0 Å². The lowest BCUT2D eigenvalue weighted by Crippen LogP contribution is -2.09. The third kappa shape index (κ3) is 2.52. The van der Waals surface area contributed by atoms with Crippen LogP contribution in [0.4, 0.5) is 0 Å². The van der Waals surface area contributed by atoms with E-state index in [1.165, 1.54) is 5.56 Å². The molecule has 0 unspecified atom stereocenters. The van der Waals surface area contributed by atoms with Crippen molar-refractivity contribution >= 4 is 22.7 Å². The van der Waals surface area contributed by atoms with Gasteiger partial charge in [-0.25, -0.2) is 4.98 Å². The maximum Gasteiger partial charge on any atom is 0.259 e. The van der Waals surface area contributed by atoms with Crippen LogP contribution in [-0.2, 0) is 0 Å². The number of benzene rings is 1. The molecule has 2 aromatic rings. The Morgan fingerprint density at radius 3 is 2.82 bits per heavy atom. The molecule has 1 aromatic carbocycles. The van der Waals surface area contributed by atoms with Crippen LogP contribution in [-0.4, -0.2) is 15.7 Å². The normalized spacial score (nSPS) is 11.3. The van der Waals surface area contributed by atoms with E-state index in [-0.39, 0.29) is 5.56 Å². The third-order valence-corrected chi connectivity index (χ3v) is 3.41. The minimum absolute atomic E-state index is 0.0477. The smallest absolute Gasteiger partial charge is 0.259 e. The Hall–Kier alpha value is -1.29. The van der Waals surface area contributed by atoms with Gasteiger partial charge in [0, 0.05) is 0 Å². The van der Waals surface area contributed by atoms with Crippen LogP contribution >= 0.6 is 11.8 Å². The molecular formula is C13H16N2OS. The molecule has 0 aliphatic carbocycles. The van der Waals surface area contributed by atoms with Crippen molar-refractivity contribution in [2.24, 2.45) is 0 Å². The van der Waals surface area contributed by atoms with Crippen molar-refractivity contribution in [3.8, 4) is 0 Å². The van der Waals surface area contributed by atoms with Gasteiger partial charge in [0.15, 0.2) is 5.16 Å². The molecule has 0 fully saturated rings. The van der Waals surface area contributed by atoms with Crippen molar-refractivity contribution in [3.05, 3.63) is 34.1 Å². The van der Waals surface area contributed by atoms with Crippen LogP contribution in [0.2, 0.25) is 0 Å². The summed E-state index contributed by atoms with van der Waals surface area (Å²) >= 11 is 1.55. The number of hydrogen-bond acceptors (Lipinski definition) is 3. The highest BCUT2D eigenvalue weighted by molar-refractivity contribution is 7.99. The lowest BCUT2D eigenvalue weighted by molar-refractivity contribution is 0.867. The minimum atomic E-state index is -0.0477. The lowest BCUT2D eigenvalue weighted by Gasteiger charge is -2.06. The topological polar surface area (TPSA) is 45.8 Å². The number of nitrogens with zero attached hydrogens (tertiary/aromatic N) is 1. The van der Waals surface area contributed by atoms with E-state index in [1.807, 2.05) is 25.1 Å². The van der Waals surface area contributed by atoms with E-state index in [9.17, 15) is 4.79 Å². The second-order valence-corrected chi connectivity index (χ2v) is 5.49. The number of aromatic amines is 1. The van der Waals surface area contributed by atoms with Gasteiger partial charge in [-0.15, -0.1) is 0 Å². The number of H-pyrrole nitrogens is 1. The number of hydrogen-bond donors (Lipinski definition) is 1. The fraction of sp³-hybridized carbons (Fsp3) is 0.385. The average Bonchev–Trinajstić information content (AvgIpc) is 2.29. The summed E-state index contributed by atoms with van der Waals surface area (Å²) in [6.07, 6.45) is 0. The maximum atomic E-state index is 11.9. The molecule has 0 saturated heterocycles. The fourth-order valence-corrected chi connectivity index (χ4v) is 2.30. The summed E-state index contributed by atoms with van der Waals surface area (Å²) < 4.78 is 0. The first kappa shape index (κ1) is 12.2. The van der Waals surface area contributed by atoms with E-state index in [1.54, 1.807) is 11.8 Å². The SMILES string of the molecule is CCSc1nc2ccc(C(C)C)cc2c(=O)[nH]1. The highest BCUT2D eigenvalue weighted by Gasteiger charge is 2.06. The zero-order chi connectivity index (χ0) is 12.4. The molecule has 0 radical (unpaired) electrons. The van der Waals surface area contributed by atoms with Crippen molar-refractivity contribution in [1.82, 2.24) is 9.97 Å². The van der Waals surface area contributed by atoms with Crippen molar-refractivity contribution in [2.75, 3.05) is 5.75 Å². The van der Waals surface area contributed by atoms with Gasteiger partial charge < -0.3 is 4.98 Å². The Labute approximate surface area is 105 Å². The van der Waals surface area contributed by atoms with Crippen molar-refractivity contribution in [3.63, 3.8) is 0 Å². The molecule has 3 nitrogen and oxygen atoms in total. The molecule has 0 amide bonds. The largest absolute Gasteiger partial charge is 0.301 e. The van der Waals surface area contributed by atoms with Gasteiger partial charge in [0.25, 0.3) is 5.56 Å². The van der Waals surface area contributed by atoms with Crippen LogP contribution in [0.15, 0.2) is 28.2 Å². The third-order valence-electron chi connectivity index (χ3n) is 2.66. The van der Waals surface area contributed by atoms with Crippen LogP contribution in [0.3, 0.4) is 0 Å². The van der Waals surface area contributed by atoms with Gasteiger partial charge in [0.05, 0.1) is 10.9 Å². The second-order valence-electron chi connectivity index (χ2n) is 4.24. The molecule has 4 heteroatoms. The maximum absolute atomic E-state index is 11.9. The Morgan fingerprint density at radius 1 is 1.41 bits per heavy atom. The van der Waals surface area contributed by atoms with Gasteiger partial charge in [-0.05, 0) is 29.4 Å². The van der Waals surface area contributed by atoms with E-state index in [2.05, 4.69) is 23.8 Å². The number of rotatable bonds is 3. The predicted molar refractivity (Wildman–Crippen MR) is 72.9 cm³/mol. The summed E-state index contributed by atoms with van der Waals surface area (Å²) in [6.45, 7) is 6.27.